The van der Waals surface area contributed by atoms with Crippen LogP contribution in [0, 0.1) is 12.8 Å². The van der Waals surface area contributed by atoms with Crippen molar-refractivity contribution in [1.82, 2.24) is 4.90 Å². The van der Waals surface area contributed by atoms with Gasteiger partial charge in [0.1, 0.15) is 5.76 Å². The van der Waals surface area contributed by atoms with E-state index in [-0.39, 0.29) is 11.7 Å². The van der Waals surface area contributed by atoms with Gasteiger partial charge in [-0.2, -0.15) is 0 Å². The van der Waals surface area contributed by atoms with E-state index in [1.165, 1.54) is 6.42 Å². The van der Waals surface area contributed by atoms with Crippen LogP contribution >= 0.6 is 0 Å². The number of furan rings is 1. The molecule has 1 unspecified atom stereocenters. The van der Waals surface area contributed by atoms with E-state index in [9.17, 15) is 9.59 Å². The van der Waals surface area contributed by atoms with Crippen LogP contribution in [0.5, 0.6) is 0 Å². The molecular formula is C17H23NO3. The molecule has 0 bridgehead atoms. The van der Waals surface area contributed by atoms with Gasteiger partial charge in [0, 0.05) is 31.5 Å². The number of aryl methyl sites for hydroxylation is 1. The largest absolute Gasteiger partial charge is 0.455 e. The number of hydrogen-bond donors (Lipinski definition) is 0. The predicted octanol–water partition coefficient (Wildman–Crippen LogP) is 3.37. The van der Waals surface area contributed by atoms with E-state index in [2.05, 4.69) is 6.92 Å². The fourth-order valence-electron chi connectivity index (χ4n) is 3.46. The fraction of sp³-hybridized carbons (Fsp3) is 0.647. The van der Waals surface area contributed by atoms with Gasteiger partial charge in [-0.05, 0) is 38.5 Å². The maximum Gasteiger partial charge on any atom is 0.289 e. The average Bonchev–Trinajstić information content (AvgIpc) is 2.65. The number of rotatable bonds is 1. The van der Waals surface area contributed by atoms with Crippen LogP contribution in [-0.2, 0) is 6.42 Å². The zero-order valence-electron chi connectivity index (χ0n) is 12.9. The monoisotopic (exact) mass is 289 g/mol. The van der Waals surface area contributed by atoms with Crippen LogP contribution in [0.15, 0.2) is 4.42 Å². The fourth-order valence-corrected chi connectivity index (χ4v) is 3.46. The summed E-state index contributed by atoms with van der Waals surface area (Å²) in [5.74, 6) is 1.88. The molecule has 0 spiro atoms. The molecular weight excluding hydrogens is 266 g/mol. The van der Waals surface area contributed by atoms with Gasteiger partial charge in [0.25, 0.3) is 5.91 Å². The van der Waals surface area contributed by atoms with Gasteiger partial charge < -0.3 is 9.32 Å². The van der Waals surface area contributed by atoms with E-state index in [0.717, 1.165) is 50.1 Å². The van der Waals surface area contributed by atoms with Crippen molar-refractivity contribution in [2.45, 2.75) is 52.4 Å². The molecule has 2 heterocycles. The van der Waals surface area contributed by atoms with Gasteiger partial charge in [-0.1, -0.05) is 6.92 Å². The van der Waals surface area contributed by atoms with Crippen molar-refractivity contribution in [2.75, 3.05) is 13.1 Å². The Morgan fingerprint density at radius 1 is 1.19 bits per heavy atom. The Morgan fingerprint density at radius 2 is 2.00 bits per heavy atom. The van der Waals surface area contributed by atoms with Crippen molar-refractivity contribution in [3.05, 3.63) is 22.6 Å². The molecule has 4 nitrogen and oxygen atoms in total. The van der Waals surface area contributed by atoms with Crippen LogP contribution in [0.25, 0.3) is 0 Å². The quantitative estimate of drug-likeness (QED) is 0.796. The van der Waals surface area contributed by atoms with Crippen LogP contribution in [0.4, 0.5) is 0 Å². The number of likely N-dealkylation sites (tertiary alicyclic amines) is 1. The lowest BCUT2D eigenvalue weighted by molar-refractivity contribution is 0.0724. The second-order valence-electron chi connectivity index (χ2n) is 6.46. The highest BCUT2D eigenvalue weighted by Crippen LogP contribution is 2.30. The number of carbonyl (C=O) groups is 2. The summed E-state index contributed by atoms with van der Waals surface area (Å²) >= 11 is 0. The van der Waals surface area contributed by atoms with Gasteiger partial charge in [-0.15, -0.1) is 0 Å². The van der Waals surface area contributed by atoms with Gasteiger partial charge in [0.2, 0.25) is 0 Å². The van der Waals surface area contributed by atoms with E-state index in [1.807, 2.05) is 11.8 Å². The first-order chi connectivity index (χ1) is 10.1. The summed E-state index contributed by atoms with van der Waals surface area (Å²) in [4.78, 5) is 26.7. The highest BCUT2D eigenvalue weighted by atomic mass is 16.4. The lowest BCUT2D eigenvalue weighted by Crippen LogP contribution is -2.32. The van der Waals surface area contributed by atoms with E-state index >= 15 is 0 Å². The highest BCUT2D eigenvalue weighted by Gasteiger charge is 2.31. The van der Waals surface area contributed by atoms with Crippen LogP contribution in [0.3, 0.4) is 0 Å². The zero-order valence-corrected chi connectivity index (χ0v) is 12.9. The first kappa shape index (κ1) is 14.4. The SMILES string of the molecule is Cc1c(C(=O)N2CCCC(C)CC2)oc2c1C(=O)CCC2. The normalized spacial score (nSPS) is 22.9. The summed E-state index contributed by atoms with van der Waals surface area (Å²) in [6.07, 6.45) is 5.44. The van der Waals surface area contributed by atoms with Gasteiger partial charge >= 0.3 is 0 Å². The number of nitrogens with zero attached hydrogens (tertiary/aromatic N) is 1. The Kier molecular flexibility index (Phi) is 3.87. The summed E-state index contributed by atoms with van der Waals surface area (Å²) in [6.45, 7) is 5.67. The average molecular weight is 289 g/mol. The van der Waals surface area contributed by atoms with E-state index in [1.54, 1.807) is 0 Å². The smallest absolute Gasteiger partial charge is 0.289 e. The van der Waals surface area contributed by atoms with E-state index in [0.29, 0.717) is 23.7 Å². The molecule has 21 heavy (non-hydrogen) atoms. The van der Waals surface area contributed by atoms with Gasteiger partial charge in [-0.25, -0.2) is 0 Å². The van der Waals surface area contributed by atoms with E-state index in [4.69, 9.17) is 4.42 Å². The molecule has 1 amide bonds. The van der Waals surface area contributed by atoms with Crippen molar-refractivity contribution in [1.29, 1.82) is 0 Å². The number of amides is 1. The van der Waals surface area contributed by atoms with Crippen molar-refractivity contribution in [2.24, 2.45) is 5.92 Å². The van der Waals surface area contributed by atoms with E-state index < -0.39 is 0 Å². The van der Waals surface area contributed by atoms with Gasteiger partial charge in [0.05, 0.1) is 5.56 Å². The molecule has 1 aromatic heterocycles. The topological polar surface area (TPSA) is 50.5 Å². The maximum atomic E-state index is 12.7. The second-order valence-corrected chi connectivity index (χ2v) is 6.46. The van der Waals surface area contributed by atoms with Crippen LogP contribution in [0.2, 0.25) is 0 Å². The molecule has 1 fully saturated rings. The Hall–Kier alpha value is -1.58. The summed E-state index contributed by atoms with van der Waals surface area (Å²) in [6, 6.07) is 0. The lowest BCUT2D eigenvalue weighted by Gasteiger charge is -2.19. The Balaban J connectivity index is 1.86. The third kappa shape index (κ3) is 2.63. The third-order valence-corrected chi connectivity index (χ3v) is 4.80. The minimum Gasteiger partial charge on any atom is -0.455 e. The highest BCUT2D eigenvalue weighted by molar-refractivity contribution is 6.03. The van der Waals surface area contributed by atoms with Gasteiger partial charge in [-0.3, -0.25) is 9.59 Å². The first-order valence-corrected chi connectivity index (χ1v) is 8.02. The third-order valence-electron chi connectivity index (χ3n) is 4.80. The first-order valence-electron chi connectivity index (χ1n) is 8.02. The van der Waals surface area contributed by atoms with Crippen molar-refractivity contribution >= 4 is 11.7 Å². The molecule has 1 aliphatic heterocycles. The number of hydrogen-bond acceptors (Lipinski definition) is 3. The number of fused-ring (bicyclic) bond motifs is 1. The molecule has 0 aromatic carbocycles. The summed E-state index contributed by atoms with van der Waals surface area (Å²) in [5, 5.41) is 0. The molecule has 3 rings (SSSR count). The molecule has 0 N–H and O–H groups in total. The molecule has 4 heteroatoms. The minimum absolute atomic E-state index is 0.0381. The van der Waals surface area contributed by atoms with Crippen molar-refractivity contribution < 1.29 is 14.0 Å². The van der Waals surface area contributed by atoms with Crippen LogP contribution in [0.1, 0.15) is 71.3 Å². The zero-order chi connectivity index (χ0) is 15.0. The molecule has 2 aliphatic rings. The minimum atomic E-state index is -0.0381. The molecule has 0 saturated carbocycles. The summed E-state index contributed by atoms with van der Waals surface area (Å²) < 4.78 is 5.78. The maximum absolute atomic E-state index is 12.7. The van der Waals surface area contributed by atoms with Crippen LogP contribution in [-0.4, -0.2) is 29.7 Å². The molecule has 114 valence electrons. The number of Topliss-reactive ketones (excluding diaryl/α,β-unsaturated/α-hetero) is 1. The number of ketones is 1. The molecule has 1 saturated heterocycles. The Morgan fingerprint density at radius 3 is 2.76 bits per heavy atom. The predicted molar refractivity (Wildman–Crippen MR) is 79.6 cm³/mol. The molecule has 1 aromatic rings. The van der Waals surface area contributed by atoms with Crippen molar-refractivity contribution in [3.8, 4) is 0 Å². The van der Waals surface area contributed by atoms with Crippen molar-refractivity contribution in [3.63, 3.8) is 0 Å². The standard InChI is InChI=1S/C17H23NO3/c1-11-5-4-9-18(10-8-11)17(20)16-12(2)15-13(19)6-3-7-14(15)21-16/h11H,3-10H2,1-2H3. The molecule has 0 radical (unpaired) electrons. The molecule has 1 aliphatic carbocycles. The summed E-state index contributed by atoms with van der Waals surface area (Å²) in [7, 11) is 0. The van der Waals surface area contributed by atoms with Crippen LogP contribution < -0.4 is 0 Å². The Bertz CT molecular complexity index is 573. The Labute approximate surface area is 125 Å². The second kappa shape index (κ2) is 5.66. The number of carbonyl (C=O) groups excluding carboxylic acids is 2. The summed E-state index contributed by atoms with van der Waals surface area (Å²) in [5.41, 5.74) is 1.42. The molecule has 1 atom stereocenters. The van der Waals surface area contributed by atoms with Gasteiger partial charge in [0.15, 0.2) is 11.5 Å². The lowest BCUT2D eigenvalue weighted by atomic mass is 9.94.